The molecule has 2 aromatic carbocycles. The number of anilines is 1. The molecule has 0 unspecified atom stereocenters. The number of methoxy groups -OCH3 is 1. The van der Waals surface area contributed by atoms with Gasteiger partial charge in [0.2, 0.25) is 5.95 Å². The van der Waals surface area contributed by atoms with E-state index in [0.717, 1.165) is 42.1 Å². The van der Waals surface area contributed by atoms with Gasteiger partial charge in [-0.3, -0.25) is 14.3 Å². The SMILES string of the molecule is COc1ccc(-c2ccc([C@H]3CN(c4nc(-c5ccncc5)cc(=O)n4C)CCN3)cc2)cc1. The predicted molar refractivity (Wildman–Crippen MR) is 134 cm³/mol. The van der Waals surface area contributed by atoms with Gasteiger partial charge in [-0.25, -0.2) is 4.98 Å². The molecule has 0 radical (unpaired) electrons. The summed E-state index contributed by atoms with van der Waals surface area (Å²) in [5.41, 5.74) is 4.99. The third-order valence-corrected chi connectivity index (χ3v) is 6.28. The van der Waals surface area contributed by atoms with E-state index in [0.29, 0.717) is 11.6 Å². The lowest BCUT2D eigenvalue weighted by atomic mass is 9.99. The predicted octanol–water partition coefficient (Wildman–Crippen LogP) is 3.67. The molecule has 0 bridgehead atoms. The maximum atomic E-state index is 12.7. The second-order valence-corrected chi connectivity index (χ2v) is 8.38. The minimum Gasteiger partial charge on any atom is -0.497 e. The fourth-order valence-electron chi connectivity index (χ4n) is 4.33. The van der Waals surface area contributed by atoms with Crippen LogP contribution < -0.4 is 20.5 Å². The van der Waals surface area contributed by atoms with Crippen molar-refractivity contribution in [2.75, 3.05) is 31.6 Å². The summed E-state index contributed by atoms with van der Waals surface area (Å²) in [5, 5.41) is 3.61. The molecule has 1 N–H and O–H groups in total. The number of nitrogens with one attached hydrogen (secondary N) is 1. The molecule has 34 heavy (non-hydrogen) atoms. The quantitative estimate of drug-likeness (QED) is 0.497. The maximum absolute atomic E-state index is 12.7. The molecular weight excluding hydrogens is 426 g/mol. The number of ether oxygens (including phenoxy) is 1. The van der Waals surface area contributed by atoms with Crippen molar-refractivity contribution in [3.8, 4) is 28.1 Å². The third-order valence-electron chi connectivity index (χ3n) is 6.28. The van der Waals surface area contributed by atoms with Crippen LogP contribution in [0, 0.1) is 0 Å². The lowest BCUT2D eigenvalue weighted by Gasteiger charge is -2.35. The molecule has 4 aromatic rings. The van der Waals surface area contributed by atoms with Crippen molar-refractivity contribution >= 4 is 5.95 Å². The highest BCUT2D eigenvalue weighted by Crippen LogP contribution is 2.26. The largest absolute Gasteiger partial charge is 0.497 e. The number of pyridine rings is 1. The summed E-state index contributed by atoms with van der Waals surface area (Å²) in [6.07, 6.45) is 3.43. The van der Waals surface area contributed by atoms with Crippen LogP contribution in [0.1, 0.15) is 11.6 Å². The summed E-state index contributed by atoms with van der Waals surface area (Å²) in [6.45, 7) is 2.31. The van der Waals surface area contributed by atoms with Crippen LogP contribution in [0.3, 0.4) is 0 Å². The Morgan fingerprint density at radius 3 is 2.29 bits per heavy atom. The second kappa shape index (κ2) is 9.49. The first-order valence-electron chi connectivity index (χ1n) is 11.3. The van der Waals surface area contributed by atoms with E-state index in [-0.39, 0.29) is 11.6 Å². The van der Waals surface area contributed by atoms with Gasteiger partial charge in [0.05, 0.1) is 12.8 Å². The Bertz CT molecular complexity index is 1320. The molecule has 1 saturated heterocycles. The molecule has 1 fully saturated rings. The number of aromatic nitrogens is 3. The van der Waals surface area contributed by atoms with Crippen molar-refractivity contribution in [1.29, 1.82) is 0 Å². The van der Waals surface area contributed by atoms with Gasteiger partial charge in [-0.2, -0.15) is 0 Å². The smallest absolute Gasteiger partial charge is 0.255 e. The lowest BCUT2D eigenvalue weighted by molar-refractivity contribution is 0.415. The Morgan fingerprint density at radius 1 is 0.941 bits per heavy atom. The minimum atomic E-state index is -0.0734. The molecular formula is C27H27N5O2. The average molecular weight is 454 g/mol. The number of nitrogens with zero attached hydrogens (tertiary/aromatic N) is 4. The normalized spacial score (nSPS) is 15.8. The zero-order valence-corrected chi connectivity index (χ0v) is 19.3. The van der Waals surface area contributed by atoms with Crippen molar-refractivity contribution < 1.29 is 4.74 Å². The van der Waals surface area contributed by atoms with Crippen LogP contribution in [0.5, 0.6) is 5.75 Å². The summed E-state index contributed by atoms with van der Waals surface area (Å²) < 4.78 is 6.88. The van der Waals surface area contributed by atoms with Crippen LogP contribution in [-0.4, -0.2) is 41.3 Å². The van der Waals surface area contributed by atoms with Gasteiger partial charge >= 0.3 is 0 Å². The summed E-state index contributed by atoms with van der Waals surface area (Å²) in [6, 6.07) is 22.2. The van der Waals surface area contributed by atoms with Gasteiger partial charge in [-0.15, -0.1) is 0 Å². The van der Waals surface area contributed by atoms with E-state index in [1.165, 1.54) is 5.56 Å². The van der Waals surface area contributed by atoms with E-state index < -0.39 is 0 Å². The molecule has 0 aliphatic carbocycles. The monoisotopic (exact) mass is 453 g/mol. The average Bonchev–Trinajstić information content (AvgIpc) is 2.91. The Labute approximate surface area is 198 Å². The van der Waals surface area contributed by atoms with Gasteiger partial charge in [0, 0.05) is 56.7 Å². The molecule has 1 atom stereocenters. The van der Waals surface area contributed by atoms with Gasteiger partial charge in [0.25, 0.3) is 5.56 Å². The van der Waals surface area contributed by atoms with Crippen LogP contribution in [0.25, 0.3) is 22.4 Å². The van der Waals surface area contributed by atoms with Crippen LogP contribution >= 0.6 is 0 Å². The number of hydrogen-bond acceptors (Lipinski definition) is 6. The number of rotatable bonds is 5. The summed E-state index contributed by atoms with van der Waals surface area (Å²) in [4.78, 5) is 23.8. The highest BCUT2D eigenvalue weighted by molar-refractivity contribution is 5.64. The van der Waals surface area contributed by atoms with Crippen molar-refractivity contribution in [1.82, 2.24) is 19.9 Å². The first-order chi connectivity index (χ1) is 16.6. The maximum Gasteiger partial charge on any atom is 0.255 e. The molecule has 1 aliphatic rings. The van der Waals surface area contributed by atoms with Crippen LogP contribution in [-0.2, 0) is 7.05 Å². The van der Waals surface area contributed by atoms with E-state index in [9.17, 15) is 4.79 Å². The van der Waals surface area contributed by atoms with Gasteiger partial charge < -0.3 is 15.0 Å². The molecule has 172 valence electrons. The van der Waals surface area contributed by atoms with Gasteiger partial charge in [-0.05, 0) is 41.0 Å². The molecule has 0 saturated carbocycles. The van der Waals surface area contributed by atoms with Crippen molar-refractivity contribution in [2.45, 2.75) is 6.04 Å². The standard InChI is InChI=1S/C27H27N5O2/c1-31-26(33)17-24(22-11-13-28-14-12-22)30-27(31)32-16-15-29-25(18-32)21-5-3-19(4-6-21)20-7-9-23(34-2)10-8-20/h3-14,17,25,29H,15-16,18H2,1-2H3/t25-/m1/s1. The molecule has 3 heterocycles. The highest BCUT2D eigenvalue weighted by Gasteiger charge is 2.24. The fourth-order valence-corrected chi connectivity index (χ4v) is 4.33. The third kappa shape index (κ3) is 4.43. The first kappa shape index (κ1) is 21.9. The minimum absolute atomic E-state index is 0.0734. The van der Waals surface area contributed by atoms with Crippen LogP contribution in [0.15, 0.2) is 83.9 Å². The second-order valence-electron chi connectivity index (χ2n) is 8.38. The molecule has 7 nitrogen and oxygen atoms in total. The molecule has 5 rings (SSSR count). The van der Waals surface area contributed by atoms with Gasteiger partial charge in [-0.1, -0.05) is 36.4 Å². The zero-order valence-electron chi connectivity index (χ0n) is 19.3. The number of piperazine rings is 1. The van der Waals surface area contributed by atoms with E-state index in [1.54, 1.807) is 37.2 Å². The van der Waals surface area contributed by atoms with Gasteiger partial charge in [0.15, 0.2) is 0 Å². The van der Waals surface area contributed by atoms with Crippen molar-refractivity contribution in [3.05, 3.63) is 95.0 Å². The molecule has 2 aromatic heterocycles. The van der Waals surface area contributed by atoms with Crippen LogP contribution in [0.4, 0.5) is 5.95 Å². The van der Waals surface area contributed by atoms with E-state index >= 15 is 0 Å². The summed E-state index contributed by atoms with van der Waals surface area (Å²) in [7, 11) is 3.45. The Balaban J connectivity index is 1.38. The molecule has 7 heteroatoms. The van der Waals surface area contributed by atoms with Crippen molar-refractivity contribution in [2.24, 2.45) is 7.05 Å². The highest BCUT2D eigenvalue weighted by atomic mass is 16.5. The molecule has 1 aliphatic heterocycles. The van der Waals surface area contributed by atoms with E-state index in [1.807, 2.05) is 24.3 Å². The number of benzene rings is 2. The zero-order chi connectivity index (χ0) is 23.5. The fraction of sp³-hybridized carbons (Fsp3) is 0.222. The summed E-state index contributed by atoms with van der Waals surface area (Å²) in [5.74, 6) is 1.53. The number of hydrogen-bond donors (Lipinski definition) is 1. The van der Waals surface area contributed by atoms with E-state index in [4.69, 9.17) is 9.72 Å². The van der Waals surface area contributed by atoms with Crippen LogP contribution in [0.2, 0.25) is 0 Å². The Kier molecular flexibility index (Phi) is 6.10. The summed E-state index contributed by atoms with van der Waals surface area (Å²) >= 11 is 0. The van der Waals surface area contributed by atoms with Crippen molar-refractivity contribution in [3.63, 3.8) is 0 Å². The van der Waals surface area contributed by atoms with E-state index in [2.05, 4.69) is 51.6 Å². The topological polar surface area (TPSA) is 72.3 Å². The Hall–Kier alpha value is -3.97. The van der Waals surface area contributed by atoms with Gasteiger partial charge in [0.1, 0.15) is 5.75 Å². The molecule has 0 spiro atoms. The molecule has 0 amide bonds. The Morgan fingerprint density at radius 2 is 1.62 bits per heavy atom. The first-order valence-corrected chi connectivity index (χ1v) is 11.3. The lowest BCUT2D eigenvalue weighted by Crippen LogP contribution is -2.47.